The Morgan fingerprint density at radius 1 is 1.20 bits per heavy atom. The first-order valence-corrected chi connectivity index (χ1v) is 7.41. The molecule has 0 heterocycles. The summed E-state index contributed by atoms with van der Waals surface area (Å²) in [6.07, 6.45) is 4.40. The van der Waals surface area contributed by atoms with Gasteiger partial charge in [-0.1, -0.05) is 25.5 Å². The molecule has 0 aliphatic heterocycles. The number of hydrogen-bond donors (Lipinski definition) is 2. The molecule has 20 heavy (non-hydrogen) atoms. The Morgan fingerprint density at radius 3 is 2.60 bits per heavy atom. The van der Waals surface area contributed by atoms with Crippen molar-refractivity contribution < 1.29 is 9.53 Å². The van der Waals surface area contributed by atoms with Crippen molar-refractivity contribution in [3.63, 3.8) is 0 Å². The van der Waals surface area contributed by atoms with Gasteiger partial charge in [-0.05, 0) is 37.0 Å². The molecule has 0 spiro atoms. The van der Waals surface area contributed by atoms with Crippen molar-refractivity contribution in [2.75, 3.05) is 25.5 Å². The molecule has 4 heteroatoms. The number of carbonyl (C=O) groups is 1. The van der Waals surface area contributed by atoms with Gasteiger partial charge in [-0.15, -0.1) is 0 Å². The zero-order chi connectivity index (χ0) is 14.6. The lowest BCUT2D eigenvalue weighted by Gasteiger charge is -2.06. The number of benzene rings is 1. The number of aryl methyl sites for hydroxylation is 1. The zero-order valence-electron chi connectivity index (χ0n) is 12.4. The maximum absolute atomic E-state index is 11.6. The van der Waals surface area contributed by atoms with E-state index in [1.807, 2.05) is 24.3 Å². The number of nitrogens with two attached hydrogens (primary N) is 1. The summed E-state index contributed by atoms with van der Waals surface area (Å²) < 4.78 is 5.43. The zero-order valence-corrected chi connectivity index (χ0v) is 12.4. The van der Waals surface area contributed by atoms with Crippen LogP contribution in [0.1, 0.15) is 38.2 Å². The second-order valence-corrected chi connectivity index (χ2v) is 4.91. The molecule has 1 aromatic rings. The predicted octanol–water partition coefficient (Wildman–Crippen LogP) is 2.52. The Balaban J connectivity index is 2.01. The maximum Gasteiger partial charge on any atom is 0.220 e. The lowest BCUT2D eigenvalue weighted by atomic mass is 10.1. The third kappa shape index (κ3) is 7.79. The molecule has 0 saturated heterocycles. The molecule has 0 unspecified atom stereocenters. The number of amides is 1. The SMILES string of the molecule is CCCCOCCCNC(=O)CCc1ccc(N)cc1. The van der Waals surface area contributed by atoms with Crippen LogP contribution in [0.15, 0.2) is 24.3 Å². The van der Waals surface area contributed by atoms with Crippen LogP contribution in [0.5, 0.6) is 0 Å². The van der Waals surface area contributed by atoms with Gasteiger partial charge in [0.1, 0.15) is 0 Å². The van der Waals surface area contributed by atoms with Crippen molar-refractivity contribution in [2.45, 2.75) is 39.0 Å². The largest absolute Gasteiger partial charge is 0.399 e. The first-order valence-electron chi connectivity index (χ1n) is 7.41. The van der Waals surface area contributed by atoms with Crippen molar-refractivity contribution >= 4 is 11.6 Å². The molecule has 0 aliphatic rings. The number of hydrogen-bond acceptors (Lipinski definition) is 3. The van der Waals surface area contributed by atoms with E-state index >= 15 is 0 Å². The summed E-state index contributed by atoms with van der Waals surface area (Å²) in [6, 6.07) is 7.65. The molecule has 4 nitrogen and oxygen atoms in total. The van der Waals surface area contributed by atoms with Gasteiger partial charge in [-0.2, -0.15) is 0 Å². The molecule has 0 aromatic heterocycles. The summed E-state index contributed by atoms with van der Waals surface area (Å²) in [6.45, 7) is 4.37. The van der Waals surface area contributed by atoms with Gasteiger partial charge in [-0.25, -0.2) is 0 Å². The fourth-order valence-electron chi connectivity index (χ4n) is 1.78. The van der Waals surface area contributed by atoms with Crippen molar-refractivity contribution in [2.24, 2.45) is 0 Å². The number of unbranched alkanes of at least 4 members (excludes halogenated alkanes) is 1. The van der Waals surface area contributed by atoms with Gasteiger partial charge in [0.25, 0.3) is 0 Å². The van der Waals surface area contributed by atoms with Crippen LogP contribution in [-0.2, 0) is 16.0 Å². The maximum atomic E-state index is 11.6. The van der Waals surface area contributed by atoms with E-state index in [9.17, 15) is 4.79 Å². The molecular weight excluding hydrogens is 252 g/mol. The van der Waals surface area contributed by atoms with E-state index in [0.29, 0.717) is 13.0 Å². The first-order chi connectivity index (χ1) is 9.72. The summed E-state index contributed by atoms with van der Waals surface area (Å²) in [7, 11) is 0. The van der Waals surface area contributed by atoms with E-state index in [2.05, 4.69) is 12.2 Å². The van der Waals surface area contributed by atoms with E-state index in [-0.39, 0.29) is 5.91 Å². The van der Waals surface area contributed by atoms with Gasteiger partial charge >= 0.3 is 0 Å². The standard InChI is InChI=1S/C16H26N2O2/c1-2-3-12-20-13-4-11-18-16(19)10-7-14-5-8-15(17)9-6-14/h5-6,8-9H,2-4,7,10-13,17H2,1H3,(H,18,19). The Bertz CT molecular complexity index is 377. The number of rotatable bonds is 10. The normalized spacial score (nSPS) is 10.4. The third-order valence-corrected chi connectivity index (χ3v) is 3.05. The highest BCUT2D eigenvalue weighted by molar-refractivity contribution is 5.76. The van der Waals surface area contributed by atoms with Crippen LogP contribution in [-0.4, -0.2) is 25.7 Å². The van der Waals surface area contributed by atoms with Gasteiger partial charge in [0.15, 0.2) is 0 Å². The second kappa shape index (κ2) is 10.3. The number of ether oxygens (including phenoxy) is 1. The quantitative estimate of drug-likeness (QED) is 0.510. The highest BCUT2D eigenvalue weighted by Crippen LogP contribution is 2.07. The molecule has 0 fully saturated rings. The number of anilines is 1. The molecule has 0 saturated carbocycles. The molecule has 0 aliphatic carbocycles. The Kier molecular flexibility index (Phi) is 8.47. The van der Waals surface area contributed by atoms with Crippen LogP contribution in [0.2, 0.25) is 0 Å². The van der Waals surface area contributed by atoms with Crippen molar-refractivity contribution in [1.29, 1.82) is 0 Å². The van der Waals surface area contributed by atoms with Crippen molar-refractivity contribution in [3.8, 4) is 0 Å². The first kappa shape index (κ1) is 16.5. The Morgan fingerprint density at radius 2 is 1.90 bits per heavy atom. The number of carbonyl (C=O) groups excluding carboxylic acids is 1. The Hall–Kier alpha value is -1.55. The average molecular weight is 278 g/mol. The number of nitrogens with one attached hydrogen (secondary N) is 1. The minimum Gasteiger partial charge on any atom is -0.399 e. The average Bonchev–Trinajstić information content (AvgIpc) is 2.46. The van der Waals surface area contributed by atoms with Crippen LogP contribution in [0, 0.1) is 0 Å². The molecule has 1 aromatic carbocycles. The molecular formula is C16H26N2O2. The molecule has 1 rings (SSSR count). The fraction of sp³-hybridized carbons (Fsp3) is 0.562. The summed E-state index contributed by atoms with van der Waals surface area (Å²) in [5, 5.41) is 2.91. The fourth-order valence-corrected chi connectivity index (χ4v) is 1.78. The summed E-state index contributed by atoms with van der Waals surface area (Å²) in [5.41, 5.74) is 7.50. The van der Waals surface area contributed by atoms with Gasteiger partial charge < -0.3 is 15.8 Å². The molecule has 0 bridgehead atoms. The molecule has 0 atom stereocenters. The summed E-state index contributed by atoms with van der Waals surface area (Å²) in [5.74, 6) is 0.0929. The third-order valence-electron chi connectivity index (χ3n) is 3.05. The van der Waals surface area contributed by atoms with E-state index < -0.39 is 0 Å². The summed E-state index contributed by atoms with van der Waals surface area (Å²) in [4.78, 5) is 11.6. The topological polar surface area (TPSA) is 64.3 Å². The van der Waals surface area contributed by atoms with Crippen LogP contribution in [0.4, 0.5) is 5.69 Å². The molecule has 0 radical (unpaired) electrons. The Labute approximate surface area is 121 Å². The number of nitrogen functional groups attached to an aromatic ring is 1. The van der Waals surface area contributed by atoms with Crippen molar-refractivity contribution in [3.05, 3.63) is 29.8 Å². The van der Waals surface area contributed by atoms with E-state index in [4.69, 9.17) is 10.5 Å². The molecule has 112 valence electrons. The van der Waals surface area contributed by atoms with Crippen LogP contribution < -0.4 is 11.1 Å². The smallest absolute Gasteiger partial charge is 0.220 e. The minimum absolute atomic E-state index is 0.0929. The molecule has 1 amide bonds. The van der Waals surface area contributed by atoms with Crippen LogP contribution >= 0.6 is 0 Å². The van der Waals surface area contributed by atoms with Gasteiger partial charge in [0.05, 0.1) is 0 Å². The second-order valence-electron chi connectivity index (χ2n) is 4.91. The highest BCUT2D eigenvalue weighted by atomic mass is 16.5. The van der Waals surface area contributed by atoms with Crippen molar-refractivity contribution in [1.82, 2.24) is 5.32 Å². The predicted molar refractivity (Wildman–Crippen MR) is 82.5 cm³/mol. The van der Waals surface area contributed by atoms with Gasteiger partial charge in [-0.3, -0.25) is 4.79 Å². The van der Waals surface area contributed by atoms with Crippen LogP contribution in [0.25, 0.3) is 0 Å². The monoisotopic (exact) mass is 278 g/mol. The lowest BCUT2D eigenvalue weighted by molar-refractivity contribution is -0.121. The highest BCUT2D eigenvalue weighted by Gasteiger charge is 2.01. The minimum atomic E-state index is 0.0929. The summed E-state index contributed by atoms with van der Waals surface area (Å²) >= 11 is 0. The molecule has 3 N–H and O–H groups in total. The van der Waals surface area contributed by atoms with E-state index in [0.717, 1.165) is 50.1 Å². The van der Waals surface area contributed by atoms with Gasteiger partial charge in [0.2, 0.25) is 5.91 Å². The van der Waals surface area contributed by atoms with E-state index in [1.54, 1.807) is 0 Å². The van der Waals surface area contributed by atoms with Crippen LogP contribution in [0.3, 0.4) is 0 Å². The van der Waals surface area contributed by atoms with Gasteiger partial charge in [0, 0.05) is 31.9 Å². The van der Waals surface area contributed by atoms with E-state index in [1.165, 1.54) is 0 Å². The lowest BCUT2D eigenvalue weighted by Crippen LogP contribution is -2.25.